The van der Waals surface area contributed by atoms with Gasteiger partial charge < -0.3 is 19.0 Å². The van der Waals surface area contributed by atoms with E-state index in [1.54, 1.807) is 25.6 Å². The van der Waals surface area contributed by atoms with Crippen molar-refractivity contribution < 1.29 is 14.0 Å². The van der Waals surface area contributed by atoms with Crippen LogP contribution in [0.4, 0.5) is 4.39 Å². The second-order valence-corrected chi connectivity index (χ2v) is 8.46. The minimum Gasteiger partial charge on any atom is -0.495 e. The number of nitrogens with zero attached hydrogens (tertiary/aromatic N) is 4. The molecular weight excluding hydrogens is 419 g/mol. The highest BCUT2D eigenvalue weighted by Crippen LogP contribution is 2.31. The van der Waals surface area contributed by atoms with E-state index in [4.69, 9.17) is 9.57 Å². The van der Waals surface area contributed by atoms with E-state index in [1.807, 2.05) is 29.8 Å². The molecule has 2 aliphatic rings. The largest absolute Gasteiger partial charge is 0.495 e. The number of piperidine rings is 1. The molecule has 2 aliphatic heterocycles. The maximum atomic E-state index is 13.3. The molecule has 0 aliphatic carbocycles. The molecule has 3 heterocycles. The third-order valence-corrected chi connectivity index (χ3v) is 6.16. The second kappa shape index (κ2) is 9.10. The van der Waals surface area contributed by atoms with Crippen molar-refractivity contribution in [2.75, 3.05) is 20.2 Å². The molecule has 1 fully saturated rings. The molecule has 0 bridgehead atoms. The molecule has 7 heteroatoms. The lowest BCUT2D eigenvalue weighted by atomic mass is 9.99. The van der Waals surface area contributed by atoms with E-state index in [0.717, 1.165) is 72.0 Å². The van der Waals surface area contributed by atoms with E-state index >= 15 is 0 Å². The standard InChI is InChI=1S/C26H27FN4O2/c1-18-16-31(17-28-18)23-10-5-19(15-25(23)32-2)14-21-4-3-12-30-13-11-24(33-29-26(21)30)20-6-8-22(27)9-7-20/h5-10,14-17,24H,3-4,11-13H2,1-2H3. The van der Waals surface area contributed by atoms with Crippen molar-refractivity contribution in [3.63, 3.8) is 0 Å². The first-order chi connectivity index (χ1) is 16.1. The number of benzene rings is 2. The summed E-state index contributed by atoms with van der Waals surface area (Å²) in [7, 11) is 1.68. The Hall–Kier alpha value is -3.61. The average Bonchev–Trinajstić information content (AvgIpc) is 3.14. The first-order valence-corrected chi connectivity index (χ1v) is 11.2. The average molecular weight is 447 g/mol. The van der Waals surface area contributed by atoms with Crippen LogP contribution in [0.5, 0.6) is 5.75 Å². The summed E-state index contributed by atoms with van der Waals surface area (Å²) in [6.07, 6.45) is 8.56. The van der Waals surface area contributed by atoms with Crippen LogP contribution in [-0.4, -0.2) is 40.5 Å². The number of ether oxygens (including phenoxy) is 1. The number of imidazole rings is 1. The van der Waals surface area contributed by atoms with Crippen LogP contribution in [0.25, 0.3) is 11.8 Å². The highest BCUT2D eigenvalue weighted by Gasteiger charge is 2.27. The molecule has 1 saturated heterocycles. The molecule has 6 nitrogen and oxygen atoms in total. The van der Waals surface area contributed by atoms with Crippen molar-refractivity contribution in [2.24, 2.45) is 5.16 Å². The molecule has 0 spiro atoms. The minimum absolute atomic E-state index is 0.178. The van der Waals surface area contributed by atoms with Crippen molar-refractivity contribution >= 4 is 11.9 Å². The van der Waals surface area contributed by atoms with Crippen LogP contribution < -0.4 is 4.74 Å². The maximum Gasteiger partial charge on any atom is 0.171 e. The summed E-state index contributed by atoms with van der Waals surface area (Å²) in [5, 5.41) is 4.55. The van der Waals surface area contributed by atoms with Gasteiger partial charge in [-0.3, -0.25) is 0 Å². The van der Waals surface area contributed by atoms with Gasteiger partial charge in [0.2, 0.25) is 0 Å². The second-order valence-electron chi connectivity index (χ2n) is 8.46. The van der Waals surface area contributed by atoms with Gasteiger partial charge in [-0.2, -0.15) is 0 Å². The van der Waals surface area contributed by atoms with Gasteiger partial charge in [-0.05, 0) is 66.8 Å². The lowest BCUT2D eigenvalue weighted by molar-refractivity contribution is 0.0576. The van der Waals surface area contributed by atoms with E-state index in [0.29, 0.717) is 0 Å². The van der Waals surface area contributed by atoms with Crippen molar-refractivity contribution in [1.82, 2.24) is 14.5 Å². The summed E-state index contributed by atoms with van der Waals surface area (Å²) in [6, 6.07) is 12.7. The number of fused-ring (bicyclic) bond motifs is 1. The smallest absolute Gasteiger partial charge is 0.171 e. The Morgan fingerprint density at radius 3 is 2.76 bits per heavy atom. The van der Waals surface area contributed by atoms with Crippen molar-refractivity contribution in [1.29, 1.82) is 0 Å². The summed E-state index contributed by atoms with van der Waals surface area (Å²) >= 11 is 0. The lowest BCUT2D eigenvalue weighted by Crippen LogP contribution is -2.37. The number of hydrogen-bond donors (Lipinski definition) is 0. The topological polar surface area (TPSA) is 51.9 Å². The predicted octanol–water partition coefficient (Wildman–Crippen LogP) is 5.28. The molecule has 2 aromatic carbocycles. The third kappa shape index (κ3) is 4.49. The zero-order valence-electron chi connectivity index (χ0n) is 18.9. The van der Waals surface area contributed by atoms with Gasteiger partial charge in [0.1, 0.15) is 11.6 Å². The predicted molar refractivity (Wildman–Crippen MR) is 126 cm³/mol. The molecule has 1 atom stereocenters. The number of aryl methyl sites for hydroxylation is 1. The molecule has 1 aromatic heterocycles. The molecule has 0 amide bonds. The van der Waals surface area contributed by atoms with E-state index in [-0.39, 0.29) is 11.9 Å². The van der Waals surface area contributed by atoms with Crippen LogP contribution in [0, 0.1) is 12.7 Å². The Kier molecular flexibility index (Phi) is 5.86. The lowest BCUT2D eigenvalue weighted by Gasteiger charge is -2.29. The molecule has 1 unspecified atom stereocenters. The number of halogens is 1. The Bertz CT molecular complexity index is 1200. The van der Waals surface area contributed by atoms with Crippen LogP contribution in [0.1, 0.15) is 42.2 Å². The molecule has 3 aromatic rings. The number of oxime groups is 1. The van der Waals surface area contributed by atoms with Gasteiger partial charge in [0.25, 0.3) is 0 Å². The van der Waals surface area contributed by atoms with Gasteiger partial charge in [0, 0.05) is 25.7 Å². The van der Waals surface area contributed by atoms with Crippen LogP contribution >= 0.6 is 0 Å². The highest BCUT2D eigenvalue weighted by atomic mass is 19.1. The fourth-order valence-corrected chi connectivity index (χ4v) is 4.45. The Morgan fingerprint density at radius 1 is 1.15 bits per heavy atom. The normalized spacial score (nSPS) is 19.5. The molecule has 0 radical (unpaired) electrons. The summed E-state index contributed by atoms with van der Waals surface area (Å²) in [4.78, 5) is 12.5. The van der Waals surface area contributed by atoms with E-state index < -0.39 is 0 Å². The summed E-state index contributed by atoms with van der Waals surface area (Å²) in [5.41, 5.74) is 5.04. The molecule has 0 saturated carbocycles. The monoisotopic (exact) mass is 446 g/mol. The van der Waals surface area contributed by atoms with Gasteiger partial charge in [-0.1, -0.05) is 23.4 Å². The van der Waals surface area contributed by atoms with Gasteiger partial charge in [0.15, 0.2) is 11.9 Å². The van der Waals surface area contributed by atoms with E-state index in [1.165, 1.54) is 12.1 Å². The number of rotatable bonds is 4. The zero-order valence-corrected chi connectivity index (χ0v) is 18.9. The van der Waals surface area contributed by atoms with Crippen LogP contribution in [-0.2, 0) is 4.84 Å². The van der Waals surface area contributed by atoms with Gasteiger partial charge >= 0.3 is 0 Å². The fourth-order valence-electron chi connectivity index (χ4n) is 4.45. The van der Waals surface area contributed by atoms with Crippen LogP contribution in [0.3, 0.4) is 0 Å². The molecule has 33 heavy (non-hydrogen) atoms. The van der Waals surface area contributed by atoms with Gasteiger partial charge in [-0.25, -0.2) is 9.37 Å². The first kappa shape index (κ1) is 21.2. The summed E-state index contributed by atoms with van der Waals surface area (Å²) < 4.78 is 20.9. The van der Waals surface area contributed by atoms with E-state index in [2.05, 4.69) is 27.2 Å². The van der Waals surface area contributed by atoms with Crippen LogP contribution in [0.2, 0.25) is 0 Å². The maximum absolute atomic E-state index is 13.3. The molecular formula is C26H27FN4O2. The summed E-state index contributed by atoms with van der Waals surface area (Å²) in [6.45, 7) is 3.77. The van der Waals surface area contributed by atoms with Crippen molar-refractivity contribution in [3.05, 3.63) is 83.2 Å². The SMILES string of the molecule is COc1cc(C=C2CCCN3CCC(c4ccc(F)cc4)ON=C23)ccc1-n1cnc(C)c1. The van der Waals surface area contributed by atoms with E-state index in [9.17, 15) is 4.39 Å². The Morgan fingerprint density at radius 2 is 2.00 bits per heavy atom. The fraction of sp³-hybridized carbons (Fsp3) is 0.308. The van der Waals surface area contributed by atoms with Crippen molar-refractivity contribution in [3.8, 4) is 11.4 Å². The number of amidine groups is 1. The van der Waals surface area contributed by atoms with Gasteiger partial charge in [-0.15, -0.1) is 0 Å². The van der Waals surface area contributed by atoms with Gasteiger partial charge in [0.05, 0.1) is 24.8 Å². The molecule has 0 N–H and O–H groups in total. The zero-order chi connectivity index (χ0) is 22.8. The Labute approximate surface area is 192 Å². The quantitative estimate of drug-likeness (QED) is 0.547. The molecule has 5 rings (SSSR count). The minimum atomic E-state index is -0.244. The summed E-state index contributed by atoms with van der Waals surface area (Å²) in [5.74, 6) is 1.43. The highest BCUT2D eigenvalue weighted by molar-refractivity contribution is 6.02. The Balaban J connectivity index is 1.42. The number of hydrogen-bond acceptors (Lipinski definition) is 5. The van der Waals surface area contributed by atoms with Crippen LogP contribution in [0.15, 0.2) is 65.7 Å². The third-order valence-electron chi connectivity index (χ3n) is 6.16. The first-order valence-electron chi connectivity index (χ1n) is 11.2. The molecule has 170 valence electrons. The number of aromatic nitrogens is 2. The van der Waals surface area contributed by atoms with Crippen molar-refractivity contribution in [2.45, 2.75) is 32.3 Å². The number of methoxy groups -OCH3 is 1.